The fraction of sp³-hybridized carbons (Fsp3) is 0.462. The summed E-state index contributed by atoms with van der Waals surface area (Å²) in [6, 6.07) is 5.45. The third-order valence-corrected chi connectivity index (χ3v) is 2.97. The molecule has 0 aromatic heterocycles. The van der Waals surface area contributed by atoms with Crippen molar-refractivity contribution in [2.24, 2.45) is 0 Å². The molecule has 0 saturated carbocycles. The third-order valence-electron chi connectivity index (χ3n) is 2.97. The molecule has 1 rings (SSSR count). The molecular weight excluding hydrogens is 218 g/mol. The van der Waals surface area contributed by atoms with Crippen molar-refractivity contribution >= 4 is 5.97 Å². The van der Waals surface area contributed by atoms with Crippen molar-refractivity contribution in [3.8, 4) is 5.75 Å². The molecule has 17 heavy (non-hydrogen) atoms. The van der Waals surface area contributed by atoms with Crippen LogP contribution in [0.15, 0.2) is 18.2 Å². The summed E-state index contributed by atoms with van der Waals surface area (Å²) in [7, 11) is 1.86. The highest BCUT2D eigenvalue weighted by Gasteiger charge is 2.16. The predicted octanol–water partition coefficient (Wildman–Crippen LogP) is 2.17. The molecule has 0 spiro atoms. The van der Waals surface area contributed by atoms with Crippen LogP contribution in [0.1, 0.15) is 30.5 Å². The van der Waals surface area contributed by atoms with Gasteiger partial charge >= 0.3 is 5.97 Å². The average molecular weight is 237 g/mol. The van der Waals surface area contributed by atoms with Gasteiger partial charge in [-0.05, 0) is 27.0 Å². The number of carbonyl (C=O) groups is 1. The lowest BCUT2D eigenvalue weighted by molar-refractivity contribution is -0.137. The SMILES string of the molecule is Cc1ccc(O)c(C(C)N(C)CCC(=O)O)c1. The topological polar surface area (TPSA) is 60.8 Å². The number of hydrogen-bond donors (Lipinski definition) is 2. The van der Waals surface area contributed by atoms with Gasteiger partial charge in [0.2, 0.25) is 0 Å². The summed E-state index contributed by atoms with van der Waals surface area (Å²) in [5.74, 6) is -0.553. The summed E-state index contributed by atoms with van der Waals surface area (Å²) in [6.45, 7) is 4.38. The first-order valence-corrected chi connectivity index (χ1v) is 5.63. The zero-order valence-electron chi connectivity index (χ0n) is 10.5. The van der Waals surface area contributed by atoms with E-state index in [4.69, 9.17) is 5.11 Å². The highest BCUT2D eigenvalue weighted by Crippen LogP contribution is 2.28. The minimum Gasteiger partial charge on any atom is -0.508 e. The van der Waals surface area contributed by atoms with Crippen molar-refractivity contribution in [2.75, 3.05) is 13.6 Å². The van der Waals surface area contributed by atoms with E-state index in [1.54, 1.807) is 6.07 Å². The number of nitrogens with zero attached hydrogens (tertiary/aromatic N) is 1. The normalized spacial score (nSPS) is 12.7. The highest BCUT2D eigenvalue weighted by molar-refractivity contribution is 5.66. The molecule has 0 bridgehead atoms. The van der Waals surface area contributed by atoms with Crippen molar-refractivity contribution in [3.63, 3.8) is 0 Å². The molecule has 1 atom stereocenters. The van der Waals surface area contributed by atoms with Gasteiger partial charge in [-0.1, -0.05) is 17.7 Å². The fourth-order valence-corrected chi connectivity index (χ4v) is 1.71. The number of rotatable bonds is 5. The predicted molar refractivity (Wildman–Crippen MR) is 66.1 cm³/mol. The van der Waals surface area contributed by atoms with Gasteiger partial charge in [-0.2, -0.15) is 0 Å². The Labute approximate surface area is 101 Å². The van der Waals surface area contributed by atoms with E-state index in [2.05, 4.69) is 0 Å². The number of aliphatic carboxylic acids is 1. The molecule has 0 heterocycles. The van der Waals surface area contributed by atoms with Crippen LogP contribution in [0.4, 0.5) is 0 Å². The number of aryl methyl sites for hydroxylation is 1. The van der Waals surface area contributed by atoms with E-state index in [1.807, 2.05) is 37.9 Å². The Hall–Kier alpha value is -1.55. The van der Waals surface area contributed by atoms with E-state index in [0.29, 0.717) is 6.54 Å². The van der Waals surface area contributed by atoms with E-state index >= 15 is 0 Å². The Kier molecular flexibility index (Phi) is 4.52. The van der Waals surface area contributed by atoms with Gasteiger partial charge in [-0.25, -0.2) is 0 Å². The highest BCUT2D eigenvalue weighted by atomic mass is 16.4. The minimum atomic E-state index is -0.808. The zero-order chi connectivity index (χ0) is 13.0. The lowest BCUT2D eigenvalue weighted by Crippen LogP contribution is -2.25. The van der Waals surface area contributed by atoms with Crippen LogP contribution in [0.3, 0.4) is 0 Å². The van der Waals surface area contributed by atoms with Crippen LogP contribution < -0.4 is 0 Å². The van der Waals surface area contributed by atoms with Crippen molar-refractivity contribution in [1.29, 1.82) is 0 Å². The molecule has 0 aliphatic rings. The van der Waals surface area contributed by atoms with E-state index < -0.39 is 5.97 Å². The number of hydrogen-bond acceptors (Lipinski definition) is 3. The molecular formula is C13H19NO3. The summed E-state index contributed by atoms with van der Waals surface area (Å²) in [5, 5.41) is 18.4. The standard InChI is InChI=1S/C13H19NO3/c1-9-4-5-12(15)11(8-9)10(2)14(3)7-6-13(16)17/h4-5,8,10,15H,6-7H2,1-3H3,(H,16,17). The molecule has 1 aromatic carbocycles. The van der Waals surface area contributed by atoms with Gasteiger partial charge in [0.25, 0.3) is 0 Å². The fourth-order valence-electron chi connectivity index (χ4n) is 1.71. The molecule has 1 aromatic rings. The van der Waals surface area contributed by atoms with Crippen LogP contribution in [0, 0.1) is 6.92 Å². The quantitative estimate of drug-likeness (QED) is 0.824. The van der Waals surface area contributed by atoms with Crippen molar-refractivity contribution in [1.82, 2.24) is 4.90 Å². The van der Waals surface area contributed by atoms with E-state index in [-0.39, 0.29) is 18.2 Å². The molecule has 0 aliphatic carbocycles. The van der Waals surface area contributed by atoms with Gasteiger partial charge in [0.05, 0.1) is 6.42 Å². The largest absolute Gasteiger partial charge is 0.508 e. The first-order chi connectivity index (χ1) is 7.91. The van der Waals surface area contributed by atoms with Crippen LogP contribution in [-0.4, -0.2) is 34.7 Å². The van der Waals surface area contributed by atoms with Gasteiger partial charge < -0.3 is 10.2 Å². The molecule has 1 unspecified atom stereocenters. The van der Waals surface area contributed by atoms with Gasteiger partial charge in [-0.3, -0.25) is 9.69 Å². The molecule has 0 fully saturated rings. The van der Waals surface area contributed by atoms with Crippen molar-refractivity contribution in [2.45, 2.75) is 26.3 Å². The Bertz CT molecular complexity index is 404. The number of carboxylic acids is 1. The van der Waals surface area contributed by atoms with E-state index in [0.717, 1.165) is 11.1 Å². The van der Waals surface area contributed by atoms with Crippen LogP contribution in [0.5, 0.6) is 5.75 Å². The van der Waals surface area contributed by atoms with Crippen molar-refractivity contribution < 1.29 is 15.0 Å². The average Bonchev–Trinajstić information content (AvgIpc) is 2.28. The lowest BCUT2D eigenvalue weighted by atomic mass is 10.0. The van der Waals surface area contributed by atoms with E-state index in [1.165, 1.54) is 0 Å². The zero-order valence-corrected chi connectivity index (χ0v) is 10.5. The Morgan fingerprint density at radius 3 is 2.71 bits per heavy atom. The monoisotopic (exact) mass is 237 g/mol. The van der Waals surface area contributed by atoms with Crippen LogP contribution in [-0.2, 0) is 4.79 Å². The van der Waals surface area contributed by atoms with Crippen molar-refractivity contribution in [3.05, 3.63) is 29.3 Å². The molecule has 4 nitrogen and oxygen atoms in total. The molecule has 94 valence electrons. The molecule has 4 heteroatoms. The number of benzene rings is 1. The van der Waals surface area contributed by atoms with Gasteiger partial charge in [0, 0.05) is 18.2 Å². The van der Waals surface area contributed by atoms with Gasteiger partial charge in [0.1, 0.15) is 5.75 Å². The Morgan fingerprint density at radius 2 is 2.12 bits per heavy atom. The van der Waals surface area contributed by atoms with Gasteiger partial charge in [0.15, 0.2) is 0 Å². The van der Waals surface area contributed by atoms with Crippen LogP contribution in [0.2, 0.25) is 0 Å². The second-order valence-corrected chi connectivity index (χ2v) is 4.36. The summed E-state index contributed by atoms with van der Waals surface area (Å²) in [5.41, 5.74) is 1.91. The molecule has 0 radical (unpaired) electrons. The number of carboxylic acid groups (broad SMARTS) is 1. The lowest BCUT2D eigenvalue weighted by Gasteiger charge is -2.25. The second-order valence-electron chi connectivity index (χ2n) is 4.36. The number of phenols is 1. The van der Waals surface area contributed by atoms with E-state index in [9.17, 15) is 9.90 Å². The number of aromatic hydroxyl groups is 1. The Balaban J connectivity index is 2.77. The third kappa shape index (κ3) is 3.75. The number of phenolic OH excluding ortho intramolecular Hbond substituents is 1. The first kappa shape index (κ1) is 13.5. The maximum atomic E-state index is 10.5. The maximum absolute atomic E-state index is 10.5. The van der Waals surface area contributed by atoms with Crippen LogP contribution >= 0.6 is 0 Å². The second kappa shape index (κ2) is 5.68. The summed E-state index contributed by atoms with van der Waals surface area (Å²) in [6.07, 6.45) is 0.105. The smallest absolute Gasteiger partial charge is 0.304 e. The molecule has 2 N–H and O–H groups in total. The van der Waals surface area contributed by atoms with Crippen LogP contribution in [0.25, 0.3) is 0 Å². The summed E-state index contributed by atoms with van der Waals surface area (Å²) >= 11 is 0. The first-order valence-electron chi connectivity index (χ1n) is 5.63. The van der Waals surface area contributed by atoms with Gasteiger partial charge in [-0.15, -0.1) is 0 Å². The minimum absolute atomic E-state index is 0.00532. The molecule has 0 saturated heterocycles. The summed E-state index contributed by atoms with van der Waals surface area (Å²) < 4.78 is 0. The maximum Gasteiger partial charge on any atom is 0.304 e. The molecule has 0 amide bonds. The summed E-state index contributed by atoms with van der Waals surface area (Å²) in [4.78, 5) is 12.4. The Morgan fingerprint density at radius 1 is 1.47 bits per heavy atom. The molecule has 0 aliphatic heterocycles.